The van der Waals surface area contributed by atoms with Gasteiger partial charge in [-0.15, -0.1) is 0 Å². The van der Waals surface area contributed by atoms with E-state index in [1.807, 2.05) is 65.8 Å². The van der Waals surface area contributed by atoms with Crippen molar-refractivity contribution in [2.45, 2.75) is 51.9 Å². The molecule has 0 saturated carbocycles. The van der Waals surface area contributed by atoms with Crippen molar-refractivity contribution in [1.29, 1.82) is 0 Å². The Hall–Kier alpha value is -0.260. The van der Waals surface area contributed by atoms with E-state index in [4.69, 9.17) is 11.6 Å². The molecule has 0 spiro atoms. The minimum Gasteiger partial charge on any atom is -0.317 e. The van der Waals surface area contributed by atoms with Gasteiger partial charge >= 0.3 is 0 Å². The van der Waals surface area contributed by atoms with E-state index in [1.165, 1.54) is 0 Å². The highest BCUT2D eigenvalue weighted by Gasteiger charge is 2.48. The number of hydrogen-bond donors (Lipinski definition) is 0. The topological polar surface area (TPSA) is 17.1 Å². The molecule has 0 unspecified atom stereocenters. The van der Waals surface area contributed by atoms with Gasteiger partial charge in [-0.25, -0.2) is 0 Å². The molecule has 3 heteroatoms. The summed E-state index contributed by atoms with van der Waals surface area (Å²) >= 11 is 6.25. The monoisotopic (exact) mass is 272 g/mol. The second-order valence-corrected chi connectivity index (χ2v) is 11.2. The Balaban J connectivity index is 3.59. The molecule has 0 N–H and O–H groups in total. The molecule has 17 heavy (non-hydrogen) atoms. The molecule has 0 saturated heterocycles. The Bertz CT molecular complexity index is 434. The standard InChI is InChI=1S/C14H22ClOP/c1-13(2,3)17(16,14(4,5)6)12-10-8-7-9-11(12)15/h7-10H,1-6H3. The first kappa shape index (κ1) is 14.8. The van der Waals surface area contributed by atoms with Crippen molar-refractivity contribution in [3.8, 4) is 0 Å². The molecule has 1 aromatic carbocycles. The van der Waals surface area contributed by atoms with Crippen molar-refractivity contribution in [1.82, 2.24) is 0 Å². The van der Waals surface area contributed by atoms with Crippen molar-refractivity contribution in [2.24, 2.45) is 0 Å². The van der Waals surface area contributed by atoms with Crippen LogP contribution < -0.4 is 5.30 Å². The average Bonchev–Trinajstić information content (AvgIpc) is 2.13. The molecule has 0 heterocycles. The van der Waals surface area contributed by atoms with Gasteiger partial charge in [0.05, 0.1) is 5.02 Å². The predicted octanol–water partition coefficient (Wildman–Crippen LogP) is 4.93. The molecule has 1 aromatic rings. The molecule has 0 amide bonds. The predicted molar refractivity (Wildman–Crippen MR) is 78.2 cm³/mol. The van der Waals surface area contributed by atoms with E-state index in [9.17, 15) is 4.57 Å². The minimum atomic E-state index is -2.61. The van der Waals surface area contributed by atoms with E-state index in [-0.39, 0.29) is 10.3 Å². The van der Waals surface area contributed by atoms with Crippen LogP contribution in [0.4, 0.5) is 0 Å². The maximum absolute atomic E-state index is 13.6. The van der Waals surface area contributed by atoms with Crippen LogP contribution in [0.25, 0.3) is 0 Å². The lowest BCUT2D eigenvalue weighted by Gasteiger charge is -2.41. The van der Waals surface area contributed by atoms with Crippen molar-refractivity contribution >= 4 is 24.0 Å². The Morgan fingerprint density at radius 1 is 0.941 bits per heavy atom. The SMILES string of the molecule is CC(C)(C)P(=O)(c1ccccc1Cl)C(C)(C)C. The van der Waals surface area contributed by atoms with Crippen LogP contribution in [0.2, 0.25) is 5.02 Å². The van der Waals surface area contributed by atoms with Crippen LogP contribution in [0.5, 0.6) is 0 Å². The van der Waals surface area contributed by atoms with Gasteiger partial charge in [0.1, 0.15) is 7.14 Å². The Morgan fingerprint density at radius 2 is 1.35 bits per heavy atom. The highest BCUT2D eigenvalue weighted by molar-refractivity contribution is 7.74. The van der Waals surface area contributed by atoms with E-state index in [1.54, 1.807) is 0 Å². The smallest absolute Gasteiger partial charge is 0.127 e. The van der Waals surface area contributed by atoms with Crippen LogP contribution in [-0.2, 0) is 4.57 Å². The Kier molecular flexibility index (Phi) is 3.87. The van der Waals surface area contributed by atoms with Gasteiger partial charge in [-0.1, -0.05) is 65.3 Å². The van der Waals surface area contributed by atoms with Crippen LogP contribution in [0, 0.1) is 0 Å². The molecule has 1 nitrogen and oxygen atoms in total. The van der Waals surface area contributed by atoms with E-state index in [2.05, 4.69) is 0 Å². The van der Waals surface area contributed by atoms with Gasteiger partial charge in [0.2, 0.25) is 0 Å². The van der Waals surface area contributed by atoms with Gasteiger partial charge in [-0.05, 0) is 12.1 Å². The maximum atomic E-state index is 13.6. The zero-order valence-electron chi connectivity index (χ0n) is 11.5. The molecule has 0 fully saturated rings. The summed E-state index contributed by atoms with van der Waals surface area (Å²) in [4.78, 5) is 0. The van der Waals surface area contributed by atoms with Gasteiger partial charge < -0.3 is 4.57 Å². The average molecular weight is 273 g/mol. The number of rotatable bonds is 1. The molecule has 0 aliphatic heterocycles. The first-order chi connectivity index (χ1) is 7.52. The van der Waals surface area contributed by atoms with Crippen molar-refractivity contribution in [2.75, 3.05) is 0 Å². The zero-order chi connectivity index (χ0) is 13.5. The zero-order valence-corrected chi connectivity index (χ0v) is 13.2. The van der Waals surface area contributed by atoms with E-state index < -0.39 is 7.14 Å². The molecule has 0 aliphatic rings. The van der Waals surface area contributed by atoms with Gasteiger partial charge in [0.25, 0.3) is 0 Å². The normalized spacial score (nSPS) is 13.8. The van der Waals surface area contributed by atoms with Gasteiger partial charge in [0.15, 0.2) is 0 Å². The molecule has 0 bridgehead atoms. The van der Waals surface area contributed by atoms with Crippen molar-refractivity contribution in [3.05, 3.63) is 29.3 Å². The van der Waals surface area contributed by atoms with Crippen LogP contribution in [0.3, 0.4) is 0 Å². The maximum Gasteiger partial charge on any atom is 0.127 e. The van der Waals surface area contributed by atoms with E-state index >= 15 is 0 Å². The van der Waals surface area contributed by atoms with Gasteiger partial charge in [-0.3, -0.25) is 0 Å². The Labute approximate surface area is 110 Å². The molecule has 1 rings (SSSR count). The molecular formula is C14H22ClOP. The summed E-state index contributed by atoms with van der Waals surface area (Å²) in [7, 11) is -2.61. The summed E-state index contributed by atoms with van der Waals surface area (Å²) in [6.07, 6.45) is 0. The van der Waals surface area contributed by atoms with Gasteiger partial charge in [0, 0.05) is 15.6 Å². The largest absolute Gasteiger partial charge is 0.317 e. The molecule has 96 valence electrons. The fourth-order valence-corrected chi connectivity index (χ4v) is 7.06. The third kappa shape index (κ3) is 2.46. The minimum absolute atomic E-state index is 0.295. The van der Waals surface area contributed by atoms with E-state index in [0.717, 1.165) is 5.30 Å². The van der Waals surface area contributed by atoms with E-state index in [0.29, 0.717) is 5.02 Å². The number of halogens is 1. The second kappa shape index (κ2) is 4.44. The molecule has 0 aliphatic carbocycles. The van der Waals surface area contributed by atoms with Crippen LogP contribution in [-0.4, -0.2) is 10.3 Å². The third-order valence-corrected chi connectivity index (χ3v) is 8.39. The molecule has 0 aromatic heterocycles. The van der Waals surface area contributed by atoms with Crippen LogP contribution in [0.1, 0.15) is 41.5 Å². The summed E-state index contributed by atoms with van der Waals surface area (Å²) in [6, 6.07) is 7.51. The summed E-state index contributed by atoms with van der Waals surface area (Å²) in [5, 5.41) is 0.828. The lowest BCUT2D eigenvalue weighted by molar-refractivity contribution is 0.527. The number of benzene rings is 1. The highest BCUT2D eigenvalue weighted by Crippen LogP contribution is 2.66. The van der Waals surface area contributed by atoms with Crippen molar-refractivity contribution in [3.63, 3.8) is 0 Å². The van der Waals surface area contributed by atoms with Gasteiger partial charge in [-0.2, -0.15) is 0 Å². The lowest BCUT2D eigenvalue weighted by atomic mass is 10.2. The highest BCUT2D eigenvalue weighted by atomic mass is 35.5. The summed E-state index contributed by atoms with van der Waals surface area (Å²) in [5.41, 5.74) is 0. The summed E-state index contributed by atoms with van der Waals surface area (Å²) in [6.45, 7) is 12.2. The summed E-state index contributed by atoms with van der Waals surface area (Å²) < 4.78 is 13.6. The van der Waals surface area contributed by atoms with Crippen LogP contribution >= 0.6 is 18.7 Å². The number of hydrogen-bond acceptors (Lipinski definition) is 1. The first-order valence-electron chi connectivity index (χ1n) is 5.87. The quantitative estimate of drug-likeness (QED) is 0.663. The summed E-state index contributed by atoms with van der Waals surface area (Å²) in [5.74, 6) is 0. The fraction of sp³-hybridized carbons (Fsp3) is 0.571. The first-order valence-corrected chi connectivity index (χ1v) is 7.95. The Morgan fingerprint density at radius 3 is 1.71 bits per heavy atom. The van der Waals surface area contributed by atoms with Crippen LogP contribution in [0.15, 0.2) is 24.3 Å². The fourth-order valence-electron chi connectivity index (χ4n) is 2.44. The molecule has 0 atom stereocenters. The lowest BCUT2D eigenvalue weighted by Crippen LogP contribution is -2.35. The van der Waals surface area contributed by atoms with Crippen molar-refractivity contribution < 1.29 is 4.57 Å². The molecular weight excluding hydrogens is 251 g/mol. The second-order valence-electron chi connectivity index (χ2n) is 6.40. The molecule has 0 radical (unpaired) electrons. The third-order valence-electron chi connectivity index (χ3n) is 3.08.